The summed E-state index contributed by atoms with van der Waals surface area (Å²) in [7, 11) is 0. The molecule has 28 N–H and O–H groups in total. The largest absolute Gasteiger partial charge is 0.392 e. The summed E-state index contributed by atoms with van der Waals surface area (Å²) in [4.78, 5) is 238. The molecule has 2 aromatic carbocycles. The number of aliphatic hydroxyl groups is 5. The van der Waals surface area contributed by atoms with Crippen molar-refractivity contribution >= 4 is 106 Å². The fourth-order valence-corrected chi connectivity index (χ4v) is 15.4. The molecular weight excluding hydrogens is 1660 g/mol. The molecule has 44 heteroatoms. The van der Waals surface area contributed by atoms with E-state index in [0.717, 1.165) is 34.0 Å². The molecule has 4 aliphatic heterocycles. The van der Waals surface area contributed by atoms with Gasteiger partial charge < -0.3 is 138 Å². The second-order valence-electron chi connectivity index (χ2n) is 33.3. The van der Waals surface area contributed by atoms with Crippen LogP contribution in [0, 0.1) is 11.8 Å². The summed E-state index contributed by atoms with van der Waals surface area (Å²) in [5.74, 6) is -16.2. The highest BCUT2D eigenvalue weighted by molar-refractivity contribution is 6.01. The molecule has 0 radical (unpaired) electrons. The average Bonchev–Trinajstić information content (AvgIpc) is 1.80. The van der Waals surface area contributed by atoms with Crippen molar-refractivity contribution in [2.24, 2.45) is 56.2 Å². The summed E-state index contributed by atoms with van der Waals surface area (Å²) < 4.78 is 0. The Morgan fingerprint density at radius 3 is 1.61 bits per heavy atom. The number of β-amino-alcohol motifs (C(OH)–C–C–N with tert-alkyl or cyclic N) is 4. The average molecular weight is 1790 g/mol. The summed E-state index contributed by atoms with van der Waals surface area (Å²) in [6.07, 6.45) is -4.57. The lowest BCUT2D eigenvalue weighted by atomic mass is 9.96. The highest BCUT2D eigenvalue weighted by Gasteiger charge is 2.50. The van der Waals surface area contributed by atoms with Gasteiger partial charge in [-0.05, 0) is 88.2 Å². The lowest BCUT2D eigenvalue weighted by molar-refractivity contribution is -0.147. The van der Waals surface area contributed by atoms with Gasteiger partial charge in [-0.25, -0.2) is 0 Å². The van der Waals surface area contributed by atoms with Gasteiger partial charge in [0.1, 0.15) is 72.5 Å². The van der Waals surface area contributed by atoms with Crippen molar-refractivity contribution in [3.05, 3.63) is 71.8 Å². The van der Waals surface area contributed by atoms with Gasteiger partial charge in [-0.3, -0.25) is 86.7 Å². The second-order valence-corrected chi connectivity index (χ2v) is 33.3. The minimum absolute atomic E-state index is 0.00472. The fourth-order valence-electron chi connectivity index (χ4n) is 15.4. The van der Waals surface area contributed by atoms with Crippen molar-refractivity contribution in [3.8, 4) is 0 Å². The van der Waals surface area contributed by atoms with Crippen LogP contribution in [0.2, 0.25) is 0 Å². The maximum absolute atomic E-state index is 15.3. The van der Waals surface area contributed by atoms with Crippen LogP contribution in [-0.4, -0.2) is 313 Å². The van der Waals surface area contributed by atoms with E-state index in [2.05, 4.69) is 68.5 Å². The van der Waals surface area contributed by atoms with E-state index in [0.29, 0.717) is 18.4 Å². The molecule has 2 aromatic rings. The number of hydrogen-bond acceptors (Lipinski definition) is 24. The topological polar surface area (TPSA) is 700 Å². The van der Waals surface area contributed by atoms with Crippen molar-refractivity contribution in [2.75, 3.05) is 58.9 Å². The number of rotatable bonds is 50. The molecule has 0 bridgehead atoms. The number of hydrogen-bond donors (Lipinski definition) is 22. The molecule has 4 fully saturated rings. The van der Waals surface area contributed by atoms with Gasteiger partial charge in [0.05, 0.1) is 56.1 Å². The molecule has 4 saturated heterocycles. The fraction of sp³-hybridized carbons (Fsp3) is 0.639. The van der Waals surface area contributed by atoms with E-state index in [1.807, 2.05) is 6.92 Å². The van der Waals surface area contributed by atoms with Gasteiger partial charge >= 0.3 is 0 Å². The van der Waals surface area contributed by atoms with E-state index in [9.17, 15) is 97.5 Å². The Hall–Kier alpha value is -11.7. The molecule has 0 saturated carbocycles. The number of benzene rings is 2. The van der Waals surface area contributed by atoms with Gasteiger partial charge in [-0.1, -0.05) is 127 Å². The lowest BCUT2D eigenvalue weighted by Gasteiger charge is -2.32. The van der Waals surface area contributed by atoms with Gasteiger partial charge in [0.15, 0.2) is 11.9 Å². The highest BCUT2D eigenvalue weighted by Crippen LogP contribution is 2.29. The van der Waals surface area contributed by atoms with Crippen molar-refractivity contribution in [2.45, 2.75) is 267 Å². The zero-order valence-corrected chi connectivity index (χ0v) is 73.1. The first-order valence-electron chi connectivity index (χ1n) is 43.2. The first-order valence-corrected chi connectivity index (χ1v) is 43.2. The normalized spacial score (nSPS) is 20.9. The van der Waals surface area contributed by atoms with Crippen LogP contribution in [0.3, 0.4) is 0 Å². The Balaban J connectivity index is 1.16. The molecule has 4 heterocycles. The van der Waals surface area contributed by atoms with Crippen molar-refractivity contribution in [3.63, 3.8) is 0 Å². The van der Waals surface area contributed by atoms with E-state index in [4.69, 9.17) is 34.4 Å². The van der Waals surface area contributed by atoms with Crippen LogP contribution in [0.15, 0.2) is 70.6 Å². The lowest BCUT2D eigenvalue weighted by Crippen LogP contribution is -2.61. The van der Waals surface area contributed by atoms with Gasteiger partial charge in [-0.2, -0.15) is 0 Å². The van der Waals surface area contributed by atoms with Crippen LogP contribution in [0.25, 0.3) is 0 Å². The standard InChI is InChI=1S/C83H131N23O21/c1-8-10-11-18-25-54(69(85)115)96-77(123)67(47(7)107)101-72(118)57(32-44(3)4)99-76(122)66(45(5)9-2)100-64(113)39-93-75(121)68(49-23-16-13-17-24-49)102-70(116)46(6)94-73(119)60-34-51(109)40-104(60)80(126)59(37-63(84)112)95-65(114)43-103(31-28-48-21-14-12-15-22-48)78(124)56(27-20-30-91-83(88)89)98-71(117)55(26-19-29-90-82(86)87)97-74(120)61-35-52(110)41-105(61)81(127)62-36-53(111)42-106(62)79(125)58-33-50(108)38-92-58/h12-17,21-24,44-47,50-62,66-68,92,107-111H,8-11,18-20,25-43H2,1-7H3,(H2,84,112)(H2,85,115)(H,93,121)(H,94,119)(H,95,114)(H,96,123)(H,97,120)(H,98,117)(H,99,122)(H,100,113)(H,101,118)(H,102,116)(H4,86,87,90)(H4,88,89,91)/t45-,46-,47+,50+,51+,52+,53+,54-,55-,56-,57-,58-,59-,60-,61-,62-,66-,67-,68-/m0/s1. The number of nitrogens with zero attached hydrogens (tertiary/aromatic N) is 6. The molecule has 6 rings (SSSR count). The molecule has 4 aliphatic rings. The predicted molar refractivity (Wildman–Crippen MR) is 461 cm³/mol. The third-order valence-electron chi connectivity index (χ3n) is 22.4. The third-order valence-corrected chi connectivity index (χ3v) is 22.4. The second kappa shape index (κ2) is 51.2. The zero-order chi connectivity index (χ0) is 94.1. The molecular formula is C83H131N23O21. The first-order chi connectivity index (χ1) is 60.1. The quantitative estimate of drug-likeness (QED) is 0.0166. The van der Waals surface area contributed by atoms with Crippen molar-refractivity contribution < 1.29 is 102 Å². The number of carbonyl (C=O) groups excluding carboxylic acids is 16. The van der Waals surface area contributed by atoms with Gasteiger partial charge in [0.2, 0.25) is 94.5 Å². The number of primary amides is 2. The number of carbonyl (C=O) groups is 16. The van der Waals surface area contributed by atoms with E-state index in [1.165, 1.54) is 30.9 Å². The summed E-state index contributed by atoms with van der Waals surface area (Å²) in [5.41, 5.74) is 34.7. The van der Waals surface area contributed by atoms with E-state index in [1.54, 1.807) is 76.2 Å². The Morgan fingerprint density at radius 2 is 1.05 bits per heavy atom. The van der Waals surface area contributed by atoms with Crippen LogP contribution >= 0.6 is 0 Å². The Labute approximate surface area is 737 Å². The van der Waals surface area contributed by atoms with Crippen LogP contribution in [0.4, 0.5) is 0 Å². The summed E-state index contributed by atoms with van der Waals surface area (Å²) >= 11 is 0. The number of nitrogens with one attached hydrogen (secondary N) is 11. The van der Waals surface area contributed by atoms with Crippen LogP contribution in [0.5, 0.6) is 0 Å². The zero-order valence-electron chi connectivity index (χ0n) is 73.1. The monoisotopic (exact) mass is 1790 g/mol. The van der Waals surface area contributed by atoms with Crippen LogP contribution in [0.1, 0.15) is 168 Å². The number of amides is 16. The predicted octanol–water partition coefficient (Wildman–Crippen LogP) is -7.55. The molecule has 0 aromatic heterocycles. The molecule has 0 aliphatic carbocycles. The van der Waals surface area contributed by atoms with Crippen molar-refractivity contribution in [1.29, 1.82) is 0 Å². The Bertz CT molecular complexity index is 4160. The summed E-state index contributed by atoms with van der Waals surface area (Å²) in [5, 5.41) is 82.3. The minimum atomic E-state index is -1.89. The molecule has 44 nitrogen and oxygen atoms in total. The maximum Gasteiger partial charge on any atom is 0.247 e. The Morgan fingerprint density at radius 1 is 0.512 bits per heavy atom. The van der Waals surface area contributed by atoms with Gasteiger partial charge in [0, 0.05) is 65.1 Å². The molecule has 19 atom stereocenters. The summed E-state index contributed by atoms with van der Waals surface area (Å²) in [6.45, 7) is 8.29. The van der Waals surface area contributed by atoms with Crippen molar-refractivity contribution in [1.82, 2.24) is 78.1 Å². The first kappa shape index (κ1) is 104. The van der Waals surface area contributed by atoms with Crippen LogP contribution < -0.4 is 92.9 Å². The minimum Gasteiger partial charge on any atom is -0.392 e. The number of likely N-dealkylation sites (tertiary alicyclic amines) is 3. The number of nitrogens with two attached hydrogens (primary N) is 6. The van der Waals surface area contributed by atoms with E-state index in [-0.39, 0.29) is 127 Å². The number of guanidine groups is 2. The molecule has 16 amide bonds. The van der Waals surface area contributed by atoms with E-state index < -0.39 is 242 Å². The highest BCUT2D eigenvalue weighted by atomic mass is 16.3. The van der Waals surface area contributed by atoms with Gasteiger partial charge in [-0.15, -0.1) is 0 Å². The molecule has 127 heavy (non-hydrogen) atoms. The molecule has 704 valence electrons. The smallest absolute Gasteiger partial charge is 0.247 e. The number of aliphatic hydroxyl groups excluding tert-OH is 5. The Kier molecular flexibility index (Phi) is 41.9. The number of unbranched alkanes of at least 4 members (excludes halogenated alkanes) is 3. The SMILES string of the molecule is CCCCCC[C@H](NC(=O)[C@@H](NC(=O)[C@H](CC(C)C)NC(=O)[C@@H](NC(=O)CNC(=O)[C@@H](NC(=O)[C@H](C)NC(=O)[C@@H]1C[C@@H](O)CN1C(=O)[C@H](CC(N)=O)NC(=O)CN(CCc1ccccc1)C(=O)[C@H](CCCN=C(N)N)NC(=O)[C@H](CCCN=C(N)N)NC(=O)[C@@H]1C[C@@H](O)CN1C(=O)[C@@H]1C[C@@H](O)CN1C(=O)[C@@H]1C[C@@H](O)CN1)c1ccccc1)[C@@H](C)CC)[C@@H](C)O)C(N)=O. The van der Waals surface area contributed by atoms with Gasteiger partial charge in [0.25, 0.3) is 0 Å². The molecule has 0 spiro atoms. The number of aliphatic imine (C=N–C) groups is 2. The van der Waals surface area contributed by atoms with Crippen LogP contribution in [-0.2, 0) is 83.1 Å². The molecule has 0 unspecified atom stereocenters. The van der Waals surface area contributed by atoms with E-state index >= 15 is 4.79 Å². The third kappa shape index (κ3) is 32.9. The summed E-state index contributed by atoms with van der Waals surface area (Å²) in [6, 6.07) is -2.29. The maximum atomic E-state index is 15.3.